The van der Waals surface area contributed by atoms with E-state index in [-0.39, 0.29) is 18.4 Å². The highest BCUT2D eigenvalue weighted by Crippen LogP contribution is 2.18. The van der Waals surface area contributed by atoms with Crippen LogP contribution in [0.4, 0.5) is 0 Å². The fourth-order valence-electron chi connectivity index (χ4n) is 3.04. The molecular formula is C17H28N4O7. The maximum Gasteiger partial charge on any atom is 0.326 e. The number of nitrogens with one attached hydrogen (secondary N) is 2. The molecule has 3 amide bonds. The van der Waals surface area contributed by atoms with E-state index in [1.54, 1.807) is 13.8 Å². The van der Waals surface area contributed by atoms with Crippen LogP contribution in [0.3, 0.4) is 0 Å². The topological polar surface area (TPSA) is 179 Å². The molecule has 1 aliphatic rings. The first-order chi connectivity index (χ1) is 13.1. The Labute approximate surface area is 162 Å². The van der Waals surface area contributed by atoms with E-state index >= 15 is 0 Å². The lowest BCUT2D eigenvalue weighted by Crippen LogP contribution is -2.57. The average Bonchev–Trinajstić information content (AvgIpc) is 3.13. The second-order valence-electron chi connectivity index (χ2n) is 6.82. The molecule has 1 aliphatic heterocycles. The highest BCUT2D eigenvalue weighted by Gasteiger charge is 2.37. The Kier molecular flexibility index (Phi) is 8.83. The summed E-state index contributed by atoms with van der Waals surface area (Å²) >= 11 is 0. The molecule has 11 heteroatoms. The summed E-state index contributed by atoms with van der Waals surface area (Å²) in [6, 6.07) is -3.43. The van der Waals surface area contributed by atoms with E-state index in [0.717, 1.165) is 0 Å². The third kappa shape index (κ3) is 6.19. The van der Waals surface area contributed by atoms with Gasteiger partial charge in [0.1, 0.15) is 18.1 Å². The van der Waals surface area contributed by atoms with Crippen LogP contribution in [0.1, 0.15) is 39.5 Å². The van der Waals surface area contributed by atoms with E-state index < -0.39 is 48.3 Å². The van der Waals surface area contributed by atoms with Crippen LogP contribution in [0.2, 0.25) is 0 Å². The summed E-state index contributed by atoms with van der Waals surface area (Å²) in [5, 5.41) is 22.7. The van der Waals surface area contributed by atoms with Crippen LogP contribution in [0.15, 0.2) is 0 Å². The van der Waals surface area contributed by atoms with E-state index in [9.17, 15) is 24.0 Å². The molecule has 0 aromatic heterocycles. The summed E-state index contributed by atoms with van der Waals surface area (Å²) in [6.07, 6.45) is 0.779. The van der Waals surface area contributed by atoms with Crippen LogP contribution >= 0.6 is 0 Å². The van der Waals surface area contributed by atoms with Gasteiger partial charge in [0.15, 0.2) is 0 Å². The molecule has 1 heterocycles. The normalized spacial score (nSPS) is 19.4. The van der Waals surface area contributed by atoms with Gasteiger partial charge < -0.3 is 31.5 Å². The van der Waals surface area contributed by atoms with Gasteiger partial charge in [0, 0.05) is 6.54 Å². The van der Waals surface area contributed by atoms with Crippen molar-refractivity contribution < 1.29 is 34.2 Å². The largest absolute Gasteiger partial charge is 0.481 e. The minimum absolute atomic E-state index is 0.228. The maximum absolute atomic E-state index is 12.7. The molecule has 6 N–H and O–H groups in total. The van der Waals surface area contributed by atoms with Crippen molar-refractivity contribution in [3.8, 4) is 0 Å². The monoisotopic (exact) mass is 400 g/mol. The van der Waals surface area contributed by atoms with Crippen molar-refractivity contribution in [2.75, 3.05) is 13.1 Å². The van der Waals surface area contributed by atoms with E-state index in [1.807, 2.05) is 0 Å². The van der Waals surface area contributed by atoms with Crippen molar-refractivity contribution in [3.05, 3.63) is 0 Å². The molecule has 0 aromatic carbocycles. The predicted octanol–water partition coefficient (Wildman–Crippen LogP) is -1.49. The minimum Gasteiger partial charge on any atom is -0.481 e. The lowest BCUT2D eigenvalue weighted by atomic mass is 9.97. The third-order valence-corrected chi connectivity index (χ3v) is 4.84. The quantitative estimate of drug-likeness (QED) is 0.294. The molecule has 4 unspecified atom stereocenters. The molecule has 1 saturated heterocycles. The molecule has 1 rings (SSSR count). The first-order valence-corrected chi connectivity index (χ1v) is 9.17. The molecule has 158 valence electrons. The Balaban J connectivity index is 2.91. The molecule has 0 saturated carbocycles. The zero-order chi connectivity index (χ0) is 21.4. The van der Waals surface area contributed by atoms with Gasteiger partial charge in [-0.05, 0) is 18.8 Å². The summed E-state index contributed by atoms with van der Waals surface area (Å²) in [7, 11) is 0. The Morgan fingerprint density at radius 2 is 1.82 bits per heavy atom. The molecule has 11 nitrogen and oxygen atoms in total. The number of nitrogens with two attached hydrogens (primary N) is 1. The first-order valence-electron chi connectivity index (χ1n) is 9.17. The fourth-order valence-corrected chi connectivity index (χ4v) is 3.04. The van der Waals surface area contributed by atoms with Gasteiger partial charge in [-0.3, -0.25) is 19.2 Å². The van der Waals surface area contributed by atoms with Crippen LogP contribution in [0.5, 0.6) is 0 Å². The van der Waals surface area contributed by atoms with Crippen LogP contribution < -0.4 is 16.4 Å². The summed E-state index contributed by atoms with van der Waals surface area (Å²) in [6.45, 7) is 3.67. The molecule has 28 heavy (non-hydrogen) atoms. The number of amides is 3. The molecule has 0 radical (unpaired) electrons. The Hall–Kier alpha value is -2.69. The van der Waals surface area contributed by atoms with Gasteiger partial charge >= 0.3 is 11.9 Å². The third-order valence-electron chi connectivity index (χ3n) is 4.84. The van der Waals surface area contributed by atoms with Gasteiger partial charge in [0.2, 0.25) is 17.7 Å². The van der Waals surface area contributed by atoms with Gasteiger partial charge in [0.25, 0.3) is 0 Å². The number of nitrogens with zero attached hydrogens (tertiary/aromatic N) is 1. The fraction of sp³-hybridized carbons (Fsp3) is 0.706. The molecule has 0 aliphatic carbocycles. The van der Waals surface area contributed by atoms with Gasteiger partial charge in [0.05, 0.1) is 13.0 Å². The Bertz CT molecular complexity index is 625. The second kappa shape index (κ2) is 10.6. The first kappa shape index (κ1) is 23.3. The molecule has 1 fully saturated rings. The zero-order valence-corrected chi connectivity index (χ0v) is 16.0. The van der Waals surface area contributed by atoms with Crippen molar-refractivity contribution in [1.29, 1.82) is 0 Å². The number of carboxylic acid groups (broad SMARTS) is 2. The SMILES string of the molecule is CCC(C)C(NC(=O)C1CCCN1C(=O)CN)C(=O)NC(CC(=O)O)C(=O)O. The summed E-state index contributed by atoms with van der Waals surface area (Å²) in [5.74, 6) is -4.88. The smallest absolute Gasteiger partial charge is 0.326 e. The number of hydrogen-bond acceptors (Lipinski definition) is 6. The van der Waals surface area contributed by atoms with E-state index in [4.69, 9.17) is 15.9 Å². The lowest BCUT2D eigenvalue weighted by Gasteiger charge is -2.29. The average molecular weight is 400 g/mol. The van der Waals surface area contributed by atoms with E-state index in [2.05, 4.69) is 10.6 Å². The van der Waals surface area contributed by atoms with Crippen LogP contribution in [0.25, 0.3) is 0 Å². The predicted molar refractivity (Wildman–Crippen MR) is 97.0 cm³/mol. The van der Waals surface area contributed by atoms with Gasteiger partial charge in [-0.1, -0.05) is 20.3 Å². The molecule has 0 bridgehead atoms. The van der Waals surface area contributed by atoms with E-state index in [0.29, 0.717) is 25.8 Å². The standard InChI is InChI=1S/C17H28N4O7/c1-3-9(2)14(16(26)19-10(17(27)28)7-13(23)24)20-15(25)11-5-4-6-21(11)12(22)8-18/h9-11,14H,3-8,18H2,1-2H3,(H,19,26)(H,20,25)(H,23,24)(H,27,28). The highest BCUT2D eigenvalue weighted by atomic mass is 16.4. The Morgan fingerprint density at radius 1 is 1.18 bits per heavy atom. The van der Waals surface area contributed by atoms with Crippen LogP contribution in [0, 0.1) is 5.92 Å². The number of hydrogen-bond donors (Lipinski definition) is 5. The van der Waals surface area contributed by atoms with Crippen LogP contribution in [-0.4, -0.2) is 76.0 Å². The van der Waals surface area contributed by atoms with Crippen molar-refractivity contribution in [2.45, 2.75) is 57.7 Å². The summed E-state index contributed by atoms with van der Waals surface area (Å²) in [5.41, 5.74) is 5.37. The Morgan fingerprint density at radius 3 is 2.32 bits per heavy atom. The summed E-state index contributed by atoms with van der Waals surface area (Å²) in [4.78, 5) is 60.5. The summed E-state index contributed by atoms with van der Waals surface area (Å²) < 4.78 is 0. The van der Waals surface area contributed by atoms with E-state index in [1.165, 1.54) is 4.90 Å². The number of carbonyl (C=O) groups excluding carboxylic acids is 3. The van der Waals surface area contributed by atoms with Gasteiger partial charge in [-0.2, -0.15) is 0 Å². The van der Waals surface area contributed by atoms with Crippen molar-refractivity contribution in [3.63, 3.8) is 0 Å². The number of carbonyl (C=O) groups is 5. The van der Waals surface area contributed by atoms with Crippen molar-refractivity contribution in [2.24, 2.45) is 11.7 Å². The maximum atomic E-state index is 12.7. The molecular weight excluding hydrogens is 372 g/mol. The molecule has 0 aromatic rings. The number of rotatable bonds is 10. The number of likely N-dealkylation sites (tertiary alicyclic amines) is 1. The number of carboxylic acids is 2. The second-order valence-corrected chi connectivity index (χ2v) is 6.82. The van der Waals surface area contributed by atoms with Crippen LogP contribution in [-0.2, 0) is 24.0 Å². The number of aliphatic carboxylic acids is 2. The molecule has 4 atom stereocenters. The van der Waals surface area contributed by atoms with Crippen molar-refractivity contribution >= 4 is 29.7 Å². The highest BCUT2D eigenvalue weighted by molar-refractivity contribution is 5.94. The van der Waals surface area contributed by atoms with Crippen molar-refractivity contribution in [1.82, 2.24) is 15.5 Å². The molecule has 0 spiro atoms. The lowest BCUT2D eigenvalue weighted by molar-refractivity contribution is -0.147. The van der Waals surface area contributed by atoms with Gasteiger partial charge in [-0.25, -0.2) is 4.79 Å². The van der Waals surface area contributed by atoms with Gasteiger partial charge in [-0.15, -0.1) is 0 Å². The minimum atomic E-state index is -1.62. The zero-order valence-electron chi connectivity index (χ0n) is 16.0.